The molecule has 23 heavy (non-hydrogen) atoms. The molecule has 0 spiro atoms. The Labute approximate surface area is 127 Å². The molecule has 0 bridgehead atoms. The average molecular weight is 325 g/mol. The fourth-order valence-corrected chi connectivity index (χ4v) is 2.18. The Kier molecular flexibility index (Phi) is 3.44. The standard InChI is InChI=1S/C14H10F3N3O3/c15-14(16,17)13(22)7-10(9-3-1-5-18-8-9)19-20(13)12(21)11-4-2-6-23-11/h1-6,8,22H,7H2/t13-/m1/s1. The quantitative estimate of drug-likeness (QED) is 0.918. The highest BCUT2D eigenvalue weighted by atomic mass is 19.4. The van der Waals surface area contributed by atoms with E-state index in [-0.39, 0.29) is 22.0 Å². The number of nitrogens with zero attached hydrogens (tertiary/aromatic N) is 3. The van der Waals surface area contributed by atoms with Crippen LogP contribution in [0.4, 0.5) is 13.2 Å². The van der Waals surface area contributed by atoms with Crippen molar-refractivity contribution in [1.29, 1.82) is 0 Å². The van der Waals surface area contributed by atoms with E-state index in [2.05, 4.69) is 10.1 Å². The van der Waals surface area contributed by atoms with E-state index in [0.717, 1.165) is 6.26 Å². The van der Waals surface area contributed by atoms with Gasteiger partial charge in [0.1, 0.15) is 0 Å². The monoisotopic (exact) mass is 325 g/mol. The Morgan fingerprint density at radius 1 is 1.35 bits per heavy atom. The summed E-state index contributed by atoms with van der Waals surface area (Å²) in [5.41, 5.74) is -3.26. The summed E-state index contributed by atoms with van der Waals surface area (Å²) in [6.45, 7) is 0. The largest absolute Gasteiger partial charge is 0.459 e. The molecule has 120 valence electrons. The average Bonchev–Trinajstić information content (AvgIpc) is 3.15. The van der Waals surface area contributed by atoms with Crippen molar-refractivity contribution < 1.29 is 27.5 Å². The Morgan fingerprint density at radius 2 is 2.13 bits per heavy atom. The van der Waals surface area contributed by atoms with Crippen molar-refractivity contribution in [2.45, 2.75) is 18.3 Å². The van der Waals surface area contributed by atoms with Gasteiger partial charge >= 0.3 is 12.1 Å². The Hall–Kier alpha value is -2.68. The molecule has 0 saturated carbocycles. The molecule has 2 aromatic rings. The summed E-state index contributed by atoms with van der Waals surface area (Å²) in [7, 11) is 0. The number of carbonyl (C=O) groups is 1. The number of hydrogen-bond donors (Lipinski definition) is 1. The first-order chi connectivity index (χ1) is 10.8. The minimum Gasteiger partial charge on any atom is -0.459 e. The van der Waals surface area contributed by atoms with Crippen molar-refractivity contribution >= 4 is 11.6 Å². The van der Waals surface area contributed by atoms with Gasteiger partial charge in [-0.05, 0) is 18.2 Å². The maximum atomic E-state index is 13.3. The molecule has 2 aromatic heterocycles. The molecule has 0 unspecified atom stereocenters. The smallest absolute Gasteiger partial charge is 0.438 e. The van der Waals surface area contributed by atoms with E-state index in [1.165, 1.54) is 36.7 Å². The number of furan rings is 1. The topological polar surface area (TPSA) is 78.9 Å². The number of halogens is 3. The number of amides is 1. The van der Waals surface area contributed by atoms with Crippen molar-refractivity contribution in [2.75, 3.05) is 0 Å². The lowest BCUT2D eigenvalue weighted by atomic mass is 10.0. The molecular formula is C14H10F3N3O3. The number of alkyl halides is 3. The number of aromatic nitrogens is 1. The van der Waals surface area contributed by atoms with Gasteiger partial charge in [0.2, 0.25) is 0 Å². The summed E-state index contributed by atoms with van der Waals surface area (Å²) in [5, 5.41) is 13.8. The molecule has 1 aliphatic rings. The van der Waals surface area contributed by atoms with Crippen molar-refractivity contribution in [3.8, 4) is 0 Å². The number of hydrazone groups is 1. The molecule has 0 radical (unpaired) electrons. The lowest BCUT2D eigenvalue weighted by molar-refractivity contribution is -0.297. The summed E-state index contributed by atoms with van der Waals surface area (Å²) in [6.07, 6.45) is -2.10. The summed E-state index contributed by atoms with van der Waals surface area (Å²) in [5.74, 6) is -1.54. The molecule has 0 aliphatic carbocycles. The van der Waals surface area contributed by atoms with E-state index in [9.17, 15) is 23.1 Å². The van der Waals surface area contributed by atoms with Crippen LogP contribution in [0.5, 0.6) is 0 Å². The lowest BCUT2D eigenvalue weighted by Gasteiger charge is -2.31. The van der Waals surface area contributed by atoms with Gasteiger partial charge in [0.15, 0.2) is 5.76 Å². The van der Waals surface area contributed by atoms with Gasteiger partial charge in [-0.15, -0.1) is 0 Å². The SMILES string of the molecule is O=C(c1ccco1)N1N=C(c2cccnc2)C[C@@]1(O)C(F)(F)F. The third kappa shape index (κ3) is 2.48. The van der Waals surface area contributed by atoms with E-state index < -0.39 is 24.2 Å². The predicted octanol–water partition coefficient (Wildman–Crippen LogP) is 2.18. The Morgan fingerprint density at radius 3 is 2.70 bits per heavy atom. The second-order valence-corrected chi connectivity index (χ2v) is 4.87. The van der Waals surface area contributed by atoms with Crippen LogP contribution in [0.3, 0.4) is 0 Å². The third-order valence-electron chi connectivity index (χ3n) is 3.36. The Balaban J connectivity index is 2.04. The molecule has 1 aliphatic heterocycles. The van der Waals surface area contributed by atoms with Crippen LogP contribution in [0, 0.1) is 0 Å². The minimum absolute atomic E-state index is 0.00810. The van der Waals surface area contributed by atoms with Gasteiger partial charge in [-0.2, -0.15) is 23.3 Å². The molecule has 1 amide bonds. The molecule has 0 aromatic carbocycles. The number of carbonyl (C=O) groups excluding carboxylic acids is 1. The molecule has 3 heterocycles. The summed E-state index contributed by atoms with van der Waals surface area (Å²) in [6, 6.07) is 5.55. The molecule has 9 heteroatoms. The van der Waals surface area contributed by atoms with Gasteiger partial charge in [0, 0.05) is 18.0 Å². The minimum atomic E-state index is -5.09. The normalized spacial score (nSPS) is 21.4. The molecule has 1 atom stereocenters. The molecule has 1 N–H and O–H groups in total. The van der Waals surface area contributed by atoms with Crippen LogP contribution in [0.2, 0.25) is 0 Å². The van der Waals surface area contributed by atoms with Crippen LogP contribution in [0.1, 0.15) is 22.5 Å². The second kappa shape index (κ2) is 5.20. The van der Waals surface area contributed by atoms with Gasteiger partial charge in [0.25, 0.3) is 5.72 Å². The van der Waals surface area contributed by atoms with Crippen LogP contribution in [0.15, 0.2) is 52.4 Å². The lowest BCUT2D eigenvalue weighted by Crippen LogP contribution is -2.56. The Bertz CT molecular complexity index is 744. The van der Waals surface area contributed by atoms with Crippen molar-refractivity contribution in [3.05, 3.63) is 54.2 Å². The fraction of sp³-hybridized carbons (Fsp3) is 0.214. The maximum absolute atomic E-state index is 13.3. The zero-order valence-electron chi connectivity index (χ0n) is 11.5. The number of hydrogen-bond acceptors (Lipinski definition) is 5. The second-order valence-electron chi connectivity index (χ2n) is 4.87. The van der Waals surface area contributed by atoms with E-state index in [1.807, 2.05) is 0 Å². The van der Waals surface area contributed by atoms with Crippen LogP contribution in [-0.2, 0) is 0 Å². The van der Waals surface area contributed by atoms with E-state index >= 15 is 0 Å². The first-order valence-corrected chi connectivity index (χ1v) is 6.48. The summed E-state index contributed by atoms with van der Waals surface area (Å²) in [4.78, 5) is 16.0. The zero-order chi connectivity index (χ0) is 16.7. The summed E-state index contributed by atoms with van der Waals surface area (Å²) < 4.78 is 44.8. The van der Waals surface area contributed by atoms with Crippen LogP contribution in [-0.4, -0.2) is 38.6 Å². The van der Waals surface area contributed by atoms with Gasteiger partial charge in [-0.25, -0.2) is 0 Å². The highest BCUT2D eigenvalue weighted by Crippen LogP contribution is 2.41. The number of rotatable bonds is 2. The highest BCUT2D eigenvalue weighted by Gasteiger charge is 2.63. The van der Waals surface area contributed by atoms with Gasteiger partial charge in [-0.1, -0.05) is 6.07 Å². The van der Waals surface area contributed by atoms with Crippen molar-refractivity contribution in [3.63, 3.8) is 0 Å². The fourth-order valence-electron chi connectivity index (χ4n) is 2.18. The molecule has 0 fully saturated rings. The van der Waals surface area contributed by atoms with Crippen LogP contribution < -0.4 is 0 Å². The molecule has 6 nitrogen and oxygen atoms in total. The number of aliphatic hydroxyl groups is 1. The number of pyridine rings is 1. The predicted molar refractivity (Wildman–Crippen MR) is 71.3 cm³/mol. The van der Waals surface area contributed by atoms with Crippen molar-refractivity contribution in [2.24, 2.45) is 5.10 Å². The zero-order valence-corrected chi connectivity index (χ0v) is 11.5. The van der Waals surface area contributed by atoms with Gasteiger partial charge in [0.05, 0.1) is 18.4 Å². The third-order valence-corrected chi connectivity index (χ3v) is 3.36. The van der Waals surface area contributed by atoms with Gasteiger partial charge in [-0.3, -0.25) is 9.78 Å². The summed E-state index contributed by atoms with van der Waals surface area (Å²) >= 11 is 0. The van der Waals surface area contributed by atoms with E-state index in [0.29, 0.717) is 0 Å². The van der Waals surface area contributed by atoms with E-state index in [1.54, 1.807) is 0 Å². The molecule has 3 rings (SSSR count). The van der Waals surface area contributed by atoms with E-state index in [4.69, 9.17) is 4.42 Å². The highest BCUT2D eigenvalue weighted by molar-refractivity contribution is 6.04. The first-order valence-electron chi connectivity index (χ1n) is 6.48. The van der Waals surface area contributed by atoms with Gasteiger partial charge < -0.3 is 9.52 Å². The van der Waals surface area contributed by atoms with Crippen molar-refractivity contribution in [1.82, 2.24) is 9.99 Å². The molecule has 0 saturated heterocycles. The first kappa shape index (κ1) is 15.2. The maximum Gasteiger partial charge on any atom is 0.438 e. The molecular weight excluding hydrogens is 315 g/mol. The van der Waals surface area contributed by atoms with Crippen LogP contribution >= 0.6 is 0 Å². The van der Waals surface area contributed by atoms with Crippen LogP contribution in [0.25, 0.3) is 0 Å².